The lowest BCUT2D eigenvalue weighted by molar-refractivity contribution is 0.557. The monoisotopic (exact) mass is 156 g/mol. The molecule has 1 rings (SSSR count). The third kappa shape index (κ3) is 1.86. The zero-order chi connectivity index (χ0) is 8.27. The average Bonchev–Trinajstić information content (AvgIpc) is 1.98. The van der Waals surface area contributed by atoms with Crippen molar-refractivity contribution in [2.45, 2.75) is 19.9 Å². The van der Waals surface area contributed by atoms with Gasteiger partial charge in [-0.15, -0.1) is 0 Å². The molecule has 0 atom stereocenters. The molecule has 3 nitrogen and oxygen atoms in total. The van der Waals surface area contributed by atoms with Crippen LogP contribution >= 0.6 is 0 Å². The topological polar surface area (TPSA) is 34.9 Å². The molecule has 0 fully saturated rings. The summed E-state index contributed by atoms with van der Waals surface area (Å²) < 4.78 is 13.7. The lowest BCUT2D eigenvalue weighted by atomic mass is 10.5. The van der Waals surface area contributed by atoms with Crippen LogP contribution in [-0.4, -0.2) is 9.55 Å². The van der Waals surface area contributed by atoms with E-state index in [4.69, 9.17) is 0 Å². The van der Waals surface area contributed by atoms with Gasteiger partial charge in [-0.1, -0.05) is 6.92 Å². The van der Waals surface area contributed by atoms with Crippen LogP contribution < -0.4 is 5.69 Å². The molecule has 0 N–H and O–H groups in total. The van der Waals surface area contributed by atoms with Crippen LogP contribution in [0.4, 0.5) is 4.39 Å². The molecule has 0 unspecified atom stereocenters. The zero-order valence-corrected chi connectivity index (χ0v) is 6.25. The molecule has 0 aliphatic carbocycles. The quantitative estimate of drug-likeness (QED) is 0.634. The van der Waals surface area contributed by atoms with E-state index in [1.165, 1.54) is 10.8 Å². The van der Waals surface area contributed by atoms with E-state index in [9.17, 15) is 9.18 Å². The van der Waals surface area contributed by atoms with Crippen molar-refractivity contribution in [3.05, 3.63) is 28.7 Å². The second-order valence-electron chi connectivity index (χ2n) is 2.25. The van der Waals surface area contributed by atoms with E-state index < -0.39 is 11.5 Å². The van der Waals surface area contributed by atoms with Crippen LogP contribution in [-0.2, 0) is 6.54 Å². The highest BCUT2D eigenvalue weighted by atomic mass is 19.1. The molecule has 60 valence electrons. The van der Waals surface area contributed by atoms with Crippen LogP contribution in [0.25, 0.3) is 0 Å². The minimum atomic E-state index is -0.474. The molecule has 0 aliphatic heterocycles. The SMILES string of the molecule is CCCn1cc(F)cnc1=O. The normalized spacial score (nSPS) is 10.0. The summed E-state index contributed by atoms with van der Waals surface area (Å²) in [6.45, 7) is 2.43. The second-order valence-corrected chi connectivity index (χ2v) is 2.25. The Hall–Kier alpha value is -1.19. The predicted molar refractivity (Wildman–Crippen MR) is 38.7 cm³/mol. The number of hydrogen-bond acceptors (Lipinski definition) is 2. The summed E-state index contributed by atoms with van der Waals surface area (Å²) >= 11 is 0. The maximum atomic E-state index is 12.4. The first-order valence-corrected chi connectivity index (χ1v) is 3.46. The van der Waals surface area contributed by atoms with Gasteiger partial charge in [0.05, 0.1) is 6.20 Å². The first-order chi connectivity index (χ1) is 5.24. The number of aryl methyl sites for hydroxylation is 1. The van der Waals surface area contributed by atoms with Crippen molar-refractivity contribution >= 4 is 0 Å². The van der Waals surface area contributed by atoms with Gasteiger partial charge >= 0.3 is 5.69 Å². The molecule has 0 aromatic carbocycles. The van der Waals surface area contributed by atoms with E-state index in [2.05, 4.69) is 4.98 Å². The van der Waals surface area contributed by atoms with E-state index >= 15 is 0 Å². The third-order valence-corrected chi connectivity index (χ3v) is 1.29. The van der Waals surface area contributed by atoms with Crippen LogP contribution in [0.3, 0.4) is 0 Å². The lowest BCUT2D eigenvalue weighted by Crippen LogP contribution is -2.22. The Morgan fingerprint density at radius 2 is 2.45 bits per heavy atom. The van der Waals surface area contributed by atoms with Gasteiger partial charge in [0.15, 0.2) is 5.82 Å². The third-order valence-electron chi connectivity index (χ3n) is 1.29. The largest absolute Gasteiger partial charge is 0.347 e. The molecule has 0 spiro atoms. The second kappa shape index (κ2) is 3.27. The van der Waals surface area contributed by atoms with Gasteiger partial charge in [-0.3, -0.25) is 4.57 Å². The Kier molecular flexibility index (Phi) is 2.36. The first kappa shape index (κ1) is 7.91. The highest BCUT2D eigenvalue weighted by Gasteiger charge is 1.96. The van der Waals surface area contributed by atoms with Crippen LogP contribution in [0.2, 0.25) is 0 Å². The van der Waals surface area contributed by atoms with Crippen LogP contribution in [0.15, 0.2) is 17.2 Å². The molecular weight excluding hydrogens is 147 g/mol. The van der Waals surface area contributed by atoms with Crippen molar-refractivity contribution in [3.8, 4) is 0 Å². The average molecular weight is 156 g/mol. The number of halogens is 1. The summed E-state index contributed by atoms with van der Waals surface area (Å²) in [7, 11) is 0. The van der Waals surface area contributed by atoms with E-state index in [0.717, 1.165) is 12.6 Å². The van der Waals surface area contributed by atoms with Crippen molar-refractivity contribution in [2.24, 2.45) is 0 Å². The molecule has 0 radical (unpaired) electrons. The number of rotatable bonds is 2. The fourth-order valence-corrected chi connectivity index (χ4v) is 0.830. The Balaban J connectivity index is 3.03. The highest BCUT2D eigenvalue weighted by molar-refractivity contribution is 4.85. The molecule has 0 aliphatic rings. The zero-order valence-electron chi connectivity index (χ0n) is 6.25. The van der Waals surface area contributed by atoms with Gasteiger partial charge < -0.3 is 0 Å². The number of nitrogens with zero attached hydrogens (tertiary/aromatic N) is 2. The van der Waals surface area contributed by atoms with E-state index in [1.54, 1.807) is 0 Å². The molecule has 0 saturated carbocycles. The molecule has 0 bridgehead atoms. The molecule has 1 aromatic heterocycles. The van der Waals surface area contributed by atoms with Gasteiger partial charge in [-0.2, -0.15) is 4.98 Å². The Morgan fingerprint density at radius 1 is 1.73 bits per heavy atom. The fourth-order valence-electron chi connectivity index (χ4n) is 0.830. The minimum absolute atomic E-state index is 0.395. The molecular formula is C7H9FN2O. The van der Waals surface area contributed by atoms with Crippen LogP contribution in [0, 0.1) is 5.82 Å². The van der Waals surface area contributed by atoms with Crippen molar-refractivity contribution < 1.29 is 4.39 Å². The van der Waals surface area contributed by atoms with E-state index in [-0.39, 0.29) is 0 Å². The lowest BCUT2D eigenvalue weighted by Gasteiger charge is -1.99. The minimum Gasteiger partial charge on any atom is -0.296 e. The standard InChI is InChI=1S/C7H9FN2O/c1-2-3-10-5-6(8)4-9-7(10)11/h4-5H,2-3H2,1H3. The smallest absolute Gasteiger partial charge is 0.296 e. The molecule has 0 amide bonds. The highest BCUT2D eigenvalue weighted by Crippen LogP contribution is 1.90. The summed E-state index contributed by atoms with van der Waals surface area (Å²) in [5.41, 5.74) is -0.395. The van der Waals surface area contributed by atoms with Gasteiger partial charge in [-0.25, -0.2) is 9.18 Å². The van der Waals surface area contributed by atoms with E-state index in [0.29, 0.717) is 6.54 Å². The van der Waals surface area contributed by atoms with Gasteiger partial charge in [0.2, 0.25) is 0 Å². The molecule has 1 heterocycles. The Labute approximate surface area is 63.5 Å². The first-order valence-electron chi connectivity index (χ1n) is 3.46. The summed E-state index contributed by atoms with van der Waals surface area (Å²) in [5.74, 6) is -0.474. The van der Waals surface area contributed by atoms with Crippen molar-refractivity contribution in [1.29, 1.82) is 0 Å². The van der Waals surface area contributed by atoms with Crippen LogP contribution in [0.1, 0.15) is 13.3 Å². The Morgan fingerprint density at radius 3 is 3.09 bits per heavy atom. The van der Waals surface area contributed by atoms with Gasteiger partial charge in [-0.05, 0) is 6.42 Å². The van der Waals surface area contributed by atoms with Gasteiger partial charge in [0.25, 0.3) is 0 Å². The fraction of sp³-hybridized carbons (Fsp3) is 0.429. The van der Waals surface area contributed by atoms with Gasteiger partial charge in [0, 0.05) is 12.7 Å². The molecule has 0 saturated heterocycles. The molecule has 4 heteroatoms. The summed E-state index contributed by atoms with van der Waals surface area (Å²) in [6, 6.07) is 0. The van der Waals surface area contributed by atoms with Gasteiger partial charge in [0.1, 0.15) is 0 Å². The summed E-state index contributed by atoms with van der Waals surface area (Å²) in [4.78, 5) is 14.2. The van der Waals surface area contributed by atoms with E-state index in [1.807, 2.05) is 6.92 Å². The van der Waals surface area contributed by atoms with Crippen molar-refractivity contribution in [3.63, 3.8) is 0 Å². The number of aromatic nitrogens is 2. The van der Waals surface area contributed by atoms with Crippen molar-refractivity contribution in [2.75, 3.05) is 0 Å². The molecule has 11 heavy (non-hydrogen) atoms. The maximum absolute atomic E-state index is 12.4. The Bertz CT molecular complexity index is 295. The van der Waals surface area contributed by atoms with Crippen LogP contribution in [0.5, 0.6) is 0 Å². The maximum Gasteiger partial charge on any atom is 0.347 e. The summed E-state index contributed by atoms with van der Waals surface area (Å²) in [5, 5.41) is 0. The predicted octanol–water partition coefficient (Wildman–Crippen LogP) is 0.792. The van der Waals surface area contributed by atoms with Crippen molar-refractivity contribution in [1.82, 2.24) is 9.55 Å². The summed E-state index contributed by atoms with van der Waals surface area (Å²) in [6.07, 6.45) is 2.89. The molecule has 1 aromatic rings. The number of hydrogen-bond donors (Lipinski definition) is 0.